The first-order valence-electron chi connectivity index (χ1n) is 8.50. The Labute approximate surface area is 170 Å². The Bertz CT molecular complexity index is 1080. The van der Waals surface area contributed by atoms with Gasteiger partial charge in [-0.25, -0.2) is 8.42 Å². The lowest BCUT2D eigenvalue weighted by atomic mass is 10.1. The van der Waals surface area contributed by atoms with Crippen molar-refractivity contribution < 1.29 is 13.3 Å². The zero-order valence-corrected chi connectivity index (χ0v) is 16.7. The molecule has 142 valence electrons. The van der Waals surface area contributed by atoms with Gasteiger partial charge in [-0.05, 0) is 48.9 Å². The summed E-state index contributed by atoms with van der Waals surface area (Å²) >= 11 is 5.94. The van der Waals surface area contributed by atoms with E-state index < -0.39 is 16.1 Å². The number of sulfonamides is 1. The molecule has 0 heterocycles. The van der Waals surface area contributed by atoms with Gasteiger partial charge in [0, 0.05) is 10.6 Å². The molecule has 0 aliphatic carbocycles. The van der Waals surface area contributed by atoms with E-state index in [0.717, 1.165) is 11.1 Å². The lowest BCUT2D eigenvalue weighted by molar-refractivity contribution is 0.0523. The summed E-state index contributed by atoms with van der Waals surface area (Å²) < 4.78 is 25.0. The van der Waals surface area contributed by atoms with E-state index in [1.54, 1.807) is 36.4 Å². The molecule has 3 rings (SSSR count). The molecule has 1 unspecified atom stereocenters. The van der Waals surface area contributed by atoms with E-state index in [9.17, 15) is 8.42 Å². The van der Waals surface area contributed by atoms with Crippen LogP contribution in [0, 0.1) is 18.8 Å². The third-order valence-corrected chi connectivity index (χ3v) is 5.36. The van der Waals surface area contributed by atoms with Crippen molar-refractivity contribution in [3.05, 3.63) is 101 Å². The van der Waals surface area contributed by atoms with Crippen LogP contribution in [0.3, 0.4) is 0 Å². The van der Waals surface area contributed by atoms with E-state index in [-0.39, 0.29) is 4.90 Å². The third kappa shape index (κ3) is 5.44. The molecule has 6 heteroatoms. The molecular formula is C22H18ClNO3S. The molecule has 4 nitrogen and oxygen atoms in total. The van der Waals surface area contributed by atoms with Gasteiger partial charge in [0.05, 0.1) is 4.90 Å². The second-order valence-electron chi connectivity index (χ2n) is 6.08. The largest absolute Gasteiger partial charge is 0.266 e. The van der Waals surface area contributed by atoms with Crippen LogP contribution < -0.4 is 4.89 Å². The van der Waals surface area contributed by atoms with Gasteiger partial charge in [-0.1, -0.05) is 76.4 Å². The SMILES string of the molecule is Cc1ccc(S(=O)(=O)NOC(C#Cc2ccccc2)c2ccc(Cl)cc2)cc1. The highest BCUT2D eigenvalue weighted by atomic mass is 35.5. The van der Waals surface area contributed by atoms with Crippen LogP contribution in [-0.4, -0.2) is 8.42 Å². The molecule has 1 N–H and O–H groups in total. The number of hydrogen-bond donors (Lipinski definition) is 1. The topological polar surface area (TPSA) is 55.4 Å². The van der Waals surface area contributed by atoms with Crippen molar-refractivity contribution in [2.24, 2.45) is 0 Å². The van der Waals surface area contributed by atoms with Gasteiger partial charge in [-0.15, -0.1) is 0 Å². The highest BCUT2D eigenvalue weighted by Gasteiger charge is 2.18. The first-order chi connectivity index (χ1) is 13.4. The second kappa shape index (κ2) is 9.05. The van der Waals surface area contributed by atoms with Gasteiger partial charge in [-0.2, -0.15) is 0 Å². The Kier molecular flexibility index (Phi) is 6.50. The minimum atomic E-state index is -3.84. The van der Waals surface area contributed by atoms with E-state index >= 15 is 0 Å². The fraction of sp³-hybridized carbons (Fsp3) is 0.0909. The van der Waals surface area contributed by atoms with E-state index in [0.29, 0.717) is 10.6 Å². The predicted octanol–water partition coefficient (Wildman–Crippen LogP) is 4.65. The maximum absolute atomic E-state index is 12.5. The Balaban J connectivity index is 1.84. The van der Waals surface area contributed by atoms with Crippen molar-refractivity contribution in [1.29, 1.82) is 0 Å². The van der Waals surface area contributed by atoms with Crippen molar-refractivity contribution in [2.45, 2.75) is 17.9 Å². The Morgan fingerprint density at radius 1 is 0.929 bits per heavy atom. The van der Waals surface area contributed by atoms with E-state index in [4.69, 9.17) is 16.4 Å². The first-order valence-corrected chi connectivity index (χ1v) is 10.4. The molecular weight excluding hydrogens is 394 g/mol. The third-order valence-electron chi connectivity index (χ3n) is 3.90. The number of hydrogen-bond acceptors (Lipinski definition) is 3. The molecule has 0 aromatic heterocycles. The summed E-state index contributed by atoms with van der Waals surface area (Å²) in [5.41, 5.74) is 2.44. The van der Waals surface area contributed by atoms with E-state index in [1.807, 2.05) is 37.3 Å². The minimum absolute atomic E-state index is 0.115. The smallest absolute Gasteiger partial charge is 0.262 e. The summed E-state index contributed by atoms with van der Waals surface area (Å²) in [5.74, 6) is 5.96. The fourth-order valence-electron chi connectivity index (χ4n) is 2.37. The average molecular weight is 412 g/mol. The Hall–Kier alpha value is -2.62. The van der Waals surface area contributed by atoms with Crippen LogP contribution in [0.2, 0.25) is 5.02 Å². The summed E-state index contributed by atoms with van der Waals surface area (Å²) in [7, 11) is -3.84. The molecule has 0 saturated heterocycles. The number of halogens is 1. The lowest BCUT2D eigenvalue weighted by Gasteiger charge is -2.14. The zero-order valence-electron chi connectivity index (χ0n) is 15.1. The van der Waals surface area contributed by atoms with Gasteiger partial charge >= 0.3 is 0 Å². The molecule has 0 saturated carbocycles. The molecule has 28 heavy (non-hydrogen) atoms. The van der Waals surface area contributed by atoms with Crippen molar-refractivity contribution >= 4 is 21.6 Å². The monoisotopic (exact) mass is 411 g/mol. The van der Waals surface area contributed by atoms with Crippen molar-refractivity contribution in [3.63, 3.8) is 0 Å². The van der Waals surface area contributed by atoms with Gasteiger partial charge in [0.25, 0.3) is 10.0 Å². The molecule has 0 amide bonds. The number of rotatable bonds is 5. The van der Waals surface area contributed by atoms with Crippen LogP contribution in [0.4, 0.5) is 0 Å². The molecule has 1 atom stereocenters. The molecule has 0 fully saturated rings. The Morgan fingerprint density at radius 3 is 2.21 bits per heavy atom. The fourth-order valence-corrected chi connectivity index (χ4v) is 3.31. The first kappa shape index (κ1) is 20.1. The summed E-state index contributed by atoms with van der Waals surface area (Å²) in [5, 5.41) is 0.568. The number of nitrogens with one attached hydrogen (secondary N) is 1. The number of aryl methyl sites for hydroxylation is 1. The highest BCUT2D eigenvalue weighted by molar-refractivity contribution is 7.89. The van der Waals surface area contributed by atoms with Gasteiger partial charge in [-0.3, -0.25) is 4.84 Å². The van der Waals surface area contributed by atoms with Crippen LogP contribution in [0.1, 0.15) is 22.8 Å². The summed E-state index contributed by atoms with van der Waals surface area (Å²) in [6, 6.07) is 22.8. The van der Waals surface area contributed by atoms with Crippen molar-refractivity contribution in [2.75, 3.05) is 0 Å². The summed E-state index contributed by atoms with van der Waals surface area (Å²) in [6.45, 7) is 1.88. The summed E-state index contributed by atoms with van der Waals surface area (Å²) in [4.78, 5) is 7.78. The second-order valence-corrected chi connectivity index (χ2v) is 8.17. The van der Waals surface area contributed by atoms with Crippen molar-refractivity contribution in [1.82, 2.24) is 4.89 Å². The van der Waals surface area contributed by atoms with E-state index in [2.05, 4.69) is 16.7 Å². The van der Waals surface area contributed by atoms with Crippen molar-refractivity contribution in [3.8, 4) is 11.8 Å². The average Bonchev–Trinajstić information content (AvgIpc) is 2.70. The predicted molar refractivity (Wildman–Crippen MR) is 110 cm³/mol. The normalized spacial score (nSPS) is 12.1. The maximum Gasteiger partial charge on any atom is 0.262 e. The maximum atomic E-state index is 12.5. The molecule has 0 radical (unpaired) electrons. The zero-order chi connectivity index (χ0) is 20.0. The standard InChI is InChI=1S/C22H18ClNO3S/c1-17-7-14-21(15-8-17)28(25,26)24-27-22(19-10-12-20(23)13-11-19)16-9-18-5-3-2-4-6-18/h2-8,10-15,22,24H,1H3. The van der Waals surface area contributed by atoms with Crippen LogP contribution in [0.15, 0.2) is 83.8 Å². The molecule has 0 spiro atoms. The van der Waals surface area contributed by atoms with Gasteiger partial charge < -0.3 is 0 Å². The van der Waals surface area contributed by atoms with Gasteiger partial charge in [0.2, 0.25) is 0 Å². The van der Waals surface area contributed by atoms with Crippen LogP contribution >= 0.6 is 11.6 Å². The van der Waals surface area contributed by atoms with Crippen LogP contribution in [0.25, 0.3) is 0 Å². The molecule has 3 aromatic carbocycles. The van der Waals surface area contributed by atoms with Crippen LogP contribution in [-0.2, 0) is 14.9 Å². The highest BCUT2D eigenvalue weighted by Crippen LogP contribution is 2.20. The number of benzene rings is 3. The lowest BCUT2D eigenvalue weighted by Crippen LogP contribution is -2.26. The molecule has 0 bridgehead atoms. The summed E-state index contributed by atoms with van der Waals surface area (Å²) in [6.07, 6.45) is -0.808. The molecule has 0 aliphatic rings. The quantitative estimate of drug-likeness (QED) is 0.491. The van der Waals surface area contributed by atoms with Gasteiger partial charge in [0.1, 0.15) is 0 Å². The van der Waals surface area contributed by atoms with Gasteiger partial charge in [0.15, 0.2) is 6.10 Å². The Morgan fingerprint density at radius 2 is 1.57 bits per heavy atom. The molecule has 0 aliphatic heterocycles. The minimum Gasteiger partial charge on any atom is -0.266 e. The van der Waals surface area contributed by atoms with Crippen LogP contribution in [0.5, 0.6) is 0 Å². The molecule has 3 aromatic rings. The van der Waals surface area contributed by atoms with E-state index in [1.165, 1.54) is 12.1 Å².